The molecule has 0 aromatic heterocycles. The molecule has 0 amide bonds. The van der Waals surface area contributed by atoms with Crippen LogP contribution in [0.2, 0.25) is 0 Å². The van der Waals surface area contributed by atoms with Crippen molar-refractivity contribution < 1.29 is 0 Å². The van der Waals surface area contributed by atoms with E-state index in [4.69, 9.17) is 0 Å². The number of hydrogen-bond acceptors (Lipinski definition) is 0. The largest absolute Gasteiger partial charge is 0.0881 e. The third-order valence-corrected chi connectivity index (χ3v) is 3.79. The highest BCUT2D eigenvalue weighted by molar-refractivity contribution is 5.28. The fraction of sp³-hybridized carbons (Fsp3) is 0.692. The fourth-order valence-corrected chi connectivity index (χ4v) is 2.58. The van der Waals surface area contributed by atoms with Crippen LogP contribution in [0.15, 0.2) is 23.3 Å². The van der Waals surface area contributed by atoms with Crippen molar-refractivity contribution in [2.45, 2.75) is 46.0 Å². The Labute approximate surface area is 81.7 Å². The van der Waals surface area contributed by atoms with E-state index < -0.39 is 0 Å². The maximum absolute atomic E-state index is 2.52. The summed E-state index contributed by atoms with van der Waals surface area (Å²) in [5.74, 6) is 1.77. The van der Waals surface area contributed by atoms with E-state index in [1.54, 1.807) is 11.1 Å². The minimum absolute atomic E-state index is 0.792. The second kappa shape index (κ2) is 3.69. The van der Waals surface area contributed by atoms with Gasteiger partial charge in [0.15, 0.2) is 0 Å². The number of rotatable bonds is 2. The zero-order valence-corrected chi connectivity index (χ0v) is 8.84. The first kappa shape index (κ1) is 9.05. The lowest BCUT2D eigenvalue weighted by Gasteiger charge is -2.30. The Morgan fingerprint density at radius 3 is 2.54 bits per heavy atom. The van der Waals surface area contributed by atoms with Crippen LogP contribution in [-0.4, -0.2) is 0 Å². The Morgan fingerprint density at radius 2 is 2.00 bits per heavy atom. The van der Waals surface area contributed by atoms with Crippen molar-refractivity contribution in [1.29, 1.82) is 0 Å². The maximum Gasteiger partial charge on any atom is 0.00139 e. The van der Waals surface area contributed by atoms with Gasteiger partial charge in [0.05, 0.1) is 0 Å². The molecule has 0 aliphatic heterocycles. The van der Waals surface area contributed by atoms with Gasteiger partial charge in [0.2, 0.25) is 0 Å². The molecule has 1 saturated carbocycles. The Balaban J connectivity index is 1.92. The second-order valence-electron chi connectivity index (χ2n) is 4.57. The van der Waals surface area contributed by atoms with Crippen LogP contribution in [0.3, 0.4) is 0 Å². The van der Waals surface area contributed by atoms with E-state index >= 15 is 0 Å². The van der Waals surface area contributed by atoms with Gasteiger partial charge in [-0.15, -0.1) is 0 Å². The van der Waals surface area contributed by atoms with Crippen molar-refractivity contribution in [1.82, 2.24) is 0 Å². The van der Waals surface area contributed by atoms with E-state index in [-0.39, 0.29) is 0 Å². The van der Waals surface area contributed by atoms with E-state index in [0.29, 0.717) is 0 Å². The molecule has 13 heavy (non-hydrogen) atoms. The van der Waals surface area contributed by atoms with Gasteiger partial charge in [0, 0.05) is 5.92 Å². The summed E-state index contributed by atoms with van der Waals surface area (Å²) < 4.78 is 0. The van der Waals surface area contributed by atoms with Crippen molar-refractivity contribution in [3.05, 3.63) is 23.3 Å². The highest BCUT2D eigenvalue weighted by atomic mass is 14.3. The van der Waals surface area contributed by atoms with Gasteiger partial charge in [-0.2, -0.15) is 0 Å². The van der Waals surface area contributed by atoms with Gasteiger partial charge < -0.3 is 0 Å². The van der Waals surface area contributed by atoms with E-state index in [1.807, 2.05) is 0 Å². The van der Waals surface area contributed by atoms with Gasteiger partial charge in [-0.3, -0.25) is 0 Å². The first-order valence-electron chi connectivity index (χ1n) is 5.64. The average Bonchev–Trinajstić information content (AvgIpc) is 2.54. The first-order chi connectivity index (χ1) is 6.31. The summed E-state index contributed by atoms with van der Waals surface area (Å²) >= 11 is 0. The smallest absolute Gasteiger partial charge is 0.00139 e. The van der Waals surface area contributed by atoms with Gasteiger partial charge in [-0.05, 0) is 39.0 Å². The summed E-state index contributed by atoms with van der Waals surface area (Å²) in [4.78, 5) is 0. The molecule has 2 rings (SSSR count). The Hall–Kier alpha value is -0.520. The molecule has 0 heteroatoms. The normalized spacial score (nSPS) is 30.2. The summed E-state index contributed by atoms with van der Waals surface area (Å²) in [6.07, 6.45) is 12.0. The molecule has 2 aliphatic rings. The first-order valence-corrected chi connectivity index (χ1v) is 5.64. The molecule has 0 N–H and O–H groups in total. The monoisotopic (exact) mass is 176 g/mol. The predicted molar refractivity (Wildman–Crippen MR) is 57.6 cm³/mol. The van der Waals surface area contributed by atoms with Crippen molar-refractivity contribution >= 4 is 0 Å². The minimum atomic E-state index is 0.792. The quantitative estimate of drug-likeness (QED) is 0.556. The standard InChI is InChI=1S/C13H20/c1-3-10(2)12-8-13(9-12)11-6-4-5-7-11/h3,8,11-12H,4-7,9H2,1-2H3/b10-3+. The summed E-state index contributed by atoms with van der Waals surface area (Å²) in [5.41, 5.74) is 3.32. The van der Waals surface area contributed by atoms with Crippen LogP contribution in [0, 0.1) is 11.8 Å². The highest BCUT2D eigenvalue weighted by Crippen LogP contribution is 2.42. The van der Waals surface area contributed by atoms with Crippen molar-refractivity contribution in [3.8, 4) is 0 Å². The zero-order valence-electron chi connectivity index (χ0n) is 8.84. The Bertz CT molecular complexity index is 239. The lowest BCUT2D eigenvalue weighted by atomic mass is 9.75. The van der Waals surface area contributed by atoms with Crippen molar-refractivity contribution in [2.24, 2.45) is 11.8 Å². The molecule has 0 aromatic rings. The van der Waals surface area contributed by atoms with E-state index in [0.717, 1.165) is 11.8 Å². The lowest BCUT2D eigenvalue weighted by molar-refractivity contribution is 0.525. The molecule has 0 bridgehead atoms. The van der Waals surface area contributed by atoms with Gasteiger partial charge in [-0.1, -0.05) is 36.1 Å². The summed E-state index contributed by atoms with van der Waals surface area (Å²) in [6.45, 7) is 4.41. The van der Waals surface area contributed by atoms with Gasteiger partial charge in [0.1, 0.15) is 0 Å². The number of hydrogen-bond donors (Lipinski definition) is 0. The van der Waals surface area contributed by atoms with Gasteiger partial charge in [-0.25, -0.2) is 0 Å². The van der Waals surface area contributed by atoms with Crippen LogP contribution in [0.4, 0.5) is 0 Å². The molecule has 1 fully saturated rings. The van der Waals surface area contributed by atoms with E-state index in [1.165, 1.54) is 32.1 Å². The van der Waals surface area contributed by atoms with Crippen LogP contribution in [0.1, 0.15) is 46.0 Å². The van der Waals surface area contributed by atoms with E-state index in [9.17, 15) is 0 Å². The number of allylic oxidation sites excluding steroid dienone is 4. The molecule has 72 valence electrons. The molecule has 0 nitrogen and oxygen atoms in total. The SMILES string of the molecule is C/C=C(\C)C1C=C(C2CCCC2)C1. The molecule has 0 saturated heterocycles. The van der Waals surface area contributed by atoms with Crippen molar-refractivity contribution in [2.75, 3.05) is 0 Å². The summed E-state index contributed by atoms with van der Waals surface area (Å²) in [7, 11) is 0. The fourth-order valence-electron chi connectivity index (χ4n) is 2.58. The zero-order chi connectivity index (χ0) is 9.26. The Kier molecular flexibility index (Phi) is 2.57. The third-order valence-electron chi connectivity index (χ3n) is 3.79. The Morgan fingerprint density at radius 1 is 1.38 bits per heavy atom. The molecule has 1 atom stereocenters. The summed E-state index contributed by atoms with van der Waals surface area (Å²) in [6, 6.07) is 0. The topological polar surface area (TPSA) is 0 Å². The van der Waals surface area contributed by atoms with E-state index in [2.05, 4.69) is 26.0 Å². The van der Waals surface area contributed by atoms with Crippen LogP contribution in [0.25, 0.3) is 0 Å². The molecule has 0 heterocycles. The summed E-state index contributed by atoms with van der Waals surface area (Å²) in [5, 5.41) is 0. The van der Waals surface area contributed by atoms with Gasteiger partial charge in [0.25, 0.3) is 0 Å². The molecule has 0 spiro atoms. The van der Waals surface area contributed by atoms with Gasteiger partial charge >= 0.3 is 0 Å². The highest BCUT2D eigenvalue weighted by Gasteiger charge is 2.27. The molecular weight excluding hydrogens is 156 g/mol. The predicted octanol–water partition coefficient (Wildman–Crippen LogP) is 4.09. The van der Waals surface area contributed by atoms with Crippen LogP contribution >= 0.6 is 0 Å². The van der Waals surface area contributed by atoms with Crippen molar-refractivity contribution in [3.63, 3.8) is 0 Å². The van der Waals surface area contributed by atoms with Crippen LogP contribution in [-0.2, 0) is 0 Å². The molecular formula is C13H20. The molecule has 0 aromatic carbocycles. The maximum atomic E-state index is 2.52. The molecule has 2 aliphatic carbocycles. The molecule has 0 radical (unpaired) electrons. The van der Waals surface area contributed by atoms with Crippen LogP contribution < -0.4 is 0 Å². The van der Waals surface area contributed by atoms with Crippen LogP contribution in [0.5, 0.6) is 0 Å². The third kappa shape index (κ3) is 1.72. The average molecular weight is 176 g/mol. The second-order valence-corrected chi connectivity index (χ2v) is 4.57. The minimum Gasteiger partial charge on any atom is -0.0881 e. The lowest BCUT2D eigenvalue weighted by Crippen LogP contribution is -2.16. The molecule has 1 unspecified atom stereocenters.